The molecule has 6 nitrogen and oxygen atoms in total. The number of nitrogens with zero attached hydrogens (tertiary/aromatic N) is 3. The molecule has 92 valence electrons. The summed E-state index contributed by atoms with van der Waals surface area (Å²) in [5, 5.41) is 17.1. The van der Waals surface area contributed by atoms with Crippen molar-refractivity contribution in [2.45, 2.75) is 5.75 Å². The molecule has 0 atom stereocenters. The Morgan fingerprint density at radius 3 is 2.61 bits per heavy atom. The van der Waals surface area contributed by atoms with Gasteiger partial charge in [-0.1, -0.05) is 18.2 Å². The molecule has 0 spiro atoms. The van der Waals surface area contributed by atoms with Crippen LogP contribution in [0, 0.1) is 0 Å². The lowest BCUT2D eigenvalue weighted by atomic mass is 10.3. The summed E-state index contributed by atoms with van der Waals surface area (Å²) in [5.41, 5.74) is -0.190. The van der Waals surface area contributed by atoms with Crippen LogP contribution in [0.3, 0.4) is 0 Å². The fourth-order valence-corrected chi connectivity index (χ4v) is 1.42. The predicted octanol–water partition coefficient (Wildman–Crippen LogP) is 2.32. The van der Waals surface area contributed by atoms with Gasteiger partial charge in [0.05, 0.1) is 5.69 Å². The lowest BCUT2D eigenvalue weighted by Gasteiger charge is -1.99. The molecule has 1 aromatic carbocycles. The number of aromatic hydroxyl groups is 1. The molecule has 0 amide bonds. The molecule has 18 heavy (non-hydrogen) atoms. The van der Waals surface area contributed by atoms with Crippen molar-refractivity contribution < 1.29 is 5.11 Å². The van der Waals surface area contributed by atoms with E-state index in [0.29, 0.717) is 5.69 Å². The van der Waals surface area contributed by atoms with Crippen LogP contribution >= 0.6 is 12.6 Å². The third kappa shape index (κ3) is 2.75. The minimum atomic E-state index is -0.550. The van der Waals surface area contributed by atoms with Gasteiger partial charge in [0.2, 0.25) is 11.6 Å². The average molecular weight is 262 g/mol. The van der Waals surface area contributed by atoms with Gasteiger partial charge in [0.1, 0.15) is 5.82 Å². The van der Waals surface area contributed by atoms with E-state index in [-0.39, 0.29) is 17.3 Å². The van der Waals surface area contributed by atoms with Gasteiger partial charge in [-0.2, -0.15) is 22.7 Å². The van der Waals surface area contributed by atoms with Gasteiger partial charge < -0.3 is 10.1 Å². The molecule has 0 bridgehead atoms. The Morgan fingerprint density at radius 2 is 2.00 bits per heavy atom. The van der Waals surface area contributed by atoms with Crippen LogP contribution in [-0.4, -0.2) is 15.1 Å². The summed E-state index contributed by atoms with van der Waals surface area (Å²) in [4.78, 5) is 17.8. The second-order valence-electron chi connectivity index (χ2n) is 3.38. The number of H-pyrrole nitrogens is 1. The van der Waals surface area contributed by atoms with E-state index >= 15 is 0 Å². The molecule has 0 aliphatic carbocycles. The third-order valence-corrected chi connectivity index (χ3v) is 2.40. The number of benzene rings is 1. The lowest BCUT2D eigenvalue weighted by molar-refractivity contribution is 0.450. The van der Waals surface area contributed by atoms with E-state index in [1.54, 1.807) is 24.3 Å². The van der Waals surface area contributed by atoms with E-state index in [9.17, 15) is 9.90 Å². The highest BCUT2D eigenvalue weighted by Gasteiger charge is 2.09. The summed E-state index contributed by atoms with van der Waals surface area (Å²) in [7, 11) is 0. The molecule has 1 heterocycles. The van der Waals surface area contributed by atoms with Crippen LogP contribution in [0.1, 0.15) is 5.82 Å². The van der Waals surface area contributed by atoms with E-state index in [4.69, 9.17) is 0 Å². The Balaban J connectivity index is 2.36. The zero-order valence-electron chi connectivity index (χ0n) is 9.24. The first-order valence-corrected chi connectivity index (χ1v) is 5.74. The van der Waals surface area contributed by atoms with Crippen LogP contribution in [0.4, 0.5) is 11.4 Å². The molecule has 1 aromatic heterocycles. The molecule has 0 aliphatic rings. The standard InChI is InChI=1S/C11H10N4O2S/c16-10-9(11(17)13-8(6-18)12-10)15-14-7-4-2-1-3-5-7/h1-5,18H,6H2,(H2,12,13,16,17). The van der Waals surface area contributed by atoms with Gasteiger partial charge in [-0.3, -0.25) is 4.79 Å². The normalized spacial score (nSPS) is 10.9. The molecule has 2 N–H and O–H groups in total. The highest BCUT2D eigenvalue weighted by Crippen LogP contribution is 2.21. The smallest absolute Gasteiger partial charge is 0.282 e. The molecule has 0 unspecified atom stereocenters. The maximum atomic E-state index is 11.6. The SMILES string of the molecule is O=c1[nH]c(CS)nc(O)c1N=Nc1ccccc1. The second-order valence-corrected chi connectivity index (χ2v) is 3.69. The summed E-state index contributed by atoms with van der Waals surface area (Å²) >= 11 is 3.95. The first-order chi connectivity index (χ1) is 8.70. The molecular weight excluding hydrogens is 252 g/mol. The molecule has 7 heteroatoms. The van der Waals surface area contributed by atoms with Crippen molar-refractivity contribution in [3.05, 3.63) is 46.5 Å². The number of thiol groups is 1. The Morgan fingerprint density at radius 1 is 1.28 bits per heavy atom. The Labute approximate surface area is 108 Å². The summed E-state index contributed by atoms with van der Waals surface area (Å²) in [6.07, 6.45) is 0. The van der Waals surface area contributed by atoms with Crippen molar-refractivity contribution in [2.24, 2.45) is 10.2 Å². The van der Waals surface area contributed by atoms with Crippen molar-refractivity contribution in [3.8, 4) is 5.88 Å². The maximum Gasteiger partial charge on any atom is 0.282 e. The van der Waals surface area contributed by atoms with Crippen LogP contribution in [-0.2, 0) is 5.75 Å². The van der Waals surface area contributed by atoms with Crippen molar-refractivity contribution in [2.75, 3.05) is 0 Å². The van der Waals surface area contributed by atoms with Crippen LogP contribution < -0.4 is 5.56 Å². The topological polar surface area (TPSA) is 90.7 Å². The van der Waals surface area contributed by atoms with Gasteiger partial charge in [0.15, 0.2) is 0 Å². The van der Waals surface area contributed by atoms with Crippen molar-refractivity contribution in [3.63, 3.8) is 0 Å². The number of aromatic nitrogens is 2. The third-order valence-electron chi connectivity index (χ3n) is 2.10. The number of hydrogen-bond donors (Lipinski definition) is 3. The van der Waals surface area contributed by atoms with Gasteiger partial charge in [-0.15, -0.1) is 5.11 Å². The summed E-state index contributed by atoms with van der Waals surface area (Å²) in [6, 6.07) is 8.88. The summed E-state index contributed by atoms with van der Waals surface area (Å²) in [5.74, 6) is 0.0424. The average Bonchev–Trinajstić information content (AvgIpc) is 2.38. The fraction of sp³-hybridized carbons (Fsp3) is 0.0909. The van der Waals surface area contributed by atoms with E-state index in [1.165, 1.54) is 0 Å². The molecule has 0 saturated carbocycles. The van der Waals surface area contributed by atoms with E-state index in [1.807, 2.05) is 6.07 Å². The monoisotopic (exact) mass is 262 g/mol. The van der Waals surface area contributed by atoms with Gasteiger partial charge in [-0.05, 0) is 12.1 Å². The lowest BCUT2D eigenvalue weighted by Crippen LogP contribution is -2.09. The largest absolute Gasteiger partial charge is 0.492 e. The first kappa shape index (κ1) is 12.3. The summed E-state index contributed by atoms with van der Waals surface area (Å²) < 4.78 is 0. The minimum Gasteiger partial charge on any atom is -0.492 e. The zero-order chi connectivity index (χ0) is 13.0. The molecule has 0 saturated heterocycles. The molecule has 0 radical (unpaired) electrons. The number of hydrogen-bond acceptors (Lipinski definition) is 6. The molecule has 0 aliphatic heterocycles. The highest BCUT2D eigenvalue weighted by atomic mass is 32.1. The number of aromatic amines is 1. The van der Waals surface area contributed by atoms with Crippen LogP contribution in [0.5, 0.6) is 5.88 Å². The molecular formula is C11H10N4O2S. The van der Waals surface area contributed by atoms with Crippen molar-refractivity contribution in [1.82, 2.24) is 9.97 Å². The molecule has 2 rings (SSSR count). The summed E-state index contributed by atoms with van der Waals surface area (Å²) in [6.45, 7) is 0. The zero-order valence-corrected chi connectivity index (χ0v) is 10.1. The van der Waals surface area contributed by atoms with E-state index in [2.05, 4.69) is 32.8 Å². The molecule has 0 fully saturated rings. The van der Waals surface area contributed by atoms with E-state index in [0.717, 1.165) is 0 Å². The van der Waals surface area contributed by atoms with Crippen LogP contribution in [0.25, 0.3) is 0 Å². The van der Waals surface area contributed by atoms with Crippen LogP contribution in [0.15, 0.2) is 45.4 Å². The van der Waals surface area contributed by atoms with Gasteiger partial charge >= 0.3 is 0 Å². The van der Waals surface area contributed by atoms with Crippen molar-refractivity contribution >= 4 is 24.0 Å². The fourth-order valence-electron chi connectivity index (χ4n) is 1.27. The van der Waals surface area contributed by atoms with Crippen molar-refractivity contribution in [1.29, 1.82) is 0 Å². The molecule has 2 aromatic rings. The Kier molecular flexibility index (Phi) is 3.73. The quantitative estimate of drug-likeness (QED) is 0.585. The number of nitrogens with one attached hydrogen (secondary N) is 1. The van der Waals surface area contributed by atoms with E-state index < -0.39 is 11.4 Å². The maximum absolute atomic E-state index is 11.6. The predicted molar refractivity (Wildman–Crippen MR) is 69.8 cm³/mol. The van der Waals surface area contributed by atoms with Gasteiger partial charge in [-0.25, -0.2) is 0 Å². The van der Waals surface area contributed by atoms with Gasteiger partial charge in [0.25, 0.3) is 5.56 Å². The Bertz CT molecular complexity index is 625. The highest BCUT2D eigenvalue weighted by molar-refractivity contribution is 7.79. The van der Waals surface area contributed by atoms with Crippen LogP contribution in [0.2, 0.25) is 0 Å². The number of azo groups is 1. The van der Waals surface area contributed by atoms with Gasteiger partial charge in [0, 0.05) is 5.75 Å². The second kappa shape index (κ2) is 5.46. The Hall–Kier alpha value is -2.15. The minimum absolute atomic E-state index is 0.218. The number of rotatable bonds is 3. The first-order valence-electron chi connectivity index (χ1n) is 5.10.